The van der Waals surface area contributed by atoms with E-state index in [4.69, 9.17) is 31.4 Å². The van der Waals surface area contributed by atoms with E-state index in [1.54, 1.807) is 0 Å². The zero-order valence-electron chi connectivity index (χ0n) is 52.8. The summed E-state index contributed by atoms with van der Waals surface area (Å²) in [6, 6.07) is 14.3. The molecule has 0 N–H and O–H groups in total. The van der Waals surface area contributed by atoms with Crippen LogP contribution in [0, 0.1) is 19.3 Å². The summed E-state index contributed by atoms with van der Waals surface area (Å²) in [4.78, 5) is 0. The van der Waals surface area contributed by atoms with Crippen molar-refractivity contribution in [3.8, 4) is 22.6 Å². The molecule has 5 aromatic rings. The maximum atomic E-state index is 7.93. The number of rotatable bonds is 5. The van der Waals surface area contributed by atoms with E-state index in [2.05, 4.69) is 216 Å². The Morgan fingerprint density at radius 1 is 0.421 bits per heavy atom. The molecule has 2 aliphatic rings. The molecule has 9 heteroatoms. The molecule has 0 aliphatic carbocycles. The predicted octanol–water partition coefficient (Wildman–Crippen LogP) is 20.7. The van der Waals surface area contributed by atoms with Gasteiger partial charge in [-0.2, -0.15) is 0 Å². The summed E-state index contributed by atoms with van der Waals surface area (Å²) in [7, 11) is -3.52. The van der Waals surface area contributed by atoms with Gasteiger partial charge in [0.15, 0.2) is 5.79 Å². The zero-order chi connectivity index (χ0) is 57.3. The maximum Gasteiger partial charge on any atom is 0.453 e. The highest BCUT2D eigenvalue weighted by atomic mass is 31.2. The first-order chi connectivity index (χ1) is 34.2. The lowest BCUT2D eigenvalue weighted by Gasteiger charge is -2.46. The van der Waals surface area contributed by atoms with Gasteiger partial charge in [0, 0.05) is 55.7 Å². The van der Waals surface area contributed by atoms with E-state index in [1.165, 1.54) is 22.3 Å². The molecule has 0 amide bonds. The zero-order valence-corrected chi connectivity index (χ0v) is 54.5. The van der Waals surface area contributed by atoms with Gasteiger partial charge in [-0.15, -0.1) is 0 Å². The fourth-order valence-electron chi connectivity index (χ4n) is 10.9. The standard InChI is InChI=1S/C67H100O7P2/c1-40-46(60(9,10)11)35-50(64(21,22)23)56(71-75-30-29-67(39-70-75)37-68-66(27,28)69-38-67)52(40)53-41(2)47(61(12,13)14)36-51(65(24,25)26)57(53)74-76-72-54-44(31-42(58(3,4)5)33-48(54)62(15,16)17)45-32-43(59(6,7)8)34-49(55(45)73-76)63(18,19)20/h31-36H,29-30,37-39H2,1-28H3. The van der Waals surface area contributed by atoms with E-state index in [9.17, 15) is 0 Å². The molecule has 4 aromatic carbocycles. The Morgan fingerprint density at radius 2 is 0.776 bits per heavy atom. The number of hydrogen-bond donors (Lipinski definition) is 0. The summed E-state index contributed by atoms with van der Waals surface area (Å²) >= 11 is 0. The van der Waals surface area contributed by atoms with Crippen molar-refractivity contribution in [1.82, 2.24) is 0 Å². The van der Waals surface area contributed by atoms with Crippen LogP contribution in [-0.4, -0.2) is 31.8 Å². The number of hydrogen-bond acceptors (Lipinski definition) is 7. The van der Waals surface area contributed by atoms with E-state index in [1.807, 2.05) is 13.8 Å². The van der Waals surface area contributed by atoms with E-state index >= 15 is 0 Å². The van der Waals surface area contributed by atoms with Gasteiger partial charge in [0.2, 0.25) is 8.38 Å². The molecule has 7 rings (SSSR count). The Hall–Kier alpha value is -3.31. The van der Waals surface area contributed by atoms with Gasteiger partial charge in [-0.05, 0) is 123 Å². The first-order valence-corrected chi connectivity index (χ1v) is 30.7. The molecule has 420 valence electrons. The first-order valence-electron chi connectivity index (χ1n) is 28.2. The van der Waals surface area contributed by atoms with Crippen molar-refractivity contribution in [2.45, 2.75) is 249 Å². The Bertz CT molecular complexity index is 2940. The molecule has 1 unspecified atom stereocenters. The molecule has 1 spiro atoms. The molecule has 3 heterocycles. The Morgan fingerprint density at radius 3 is 1.09 bits per heavy atom. The summed E-state index contributed by atoms with van der Waals surface area (Å²) in [5.41, 5.74) is 13.4. The van der Waals surface area contributed by atoms with Gasteiger partial charge in [-0.25, -0.2) is 0 Å². The highest BCUT2D eigenvalue weighted by Crippen LogP contribution is 2.59. The second-order valence-electron chi connectivity index (χ2n) is 31.5. The van der Waals surface area contributed by atoms with Crippen LogP contribution in [0.25, 0.3) is 33.1 Å². The molecule has 2 aliphatic heterocycles. The molecule has 0 radical (unpaired) electrons. The van der Waals surface area contributed by atoms with Crippen molar-refractivity contribution < 1.29 is 31.4 Å². The normalized spacial score (nSPS) is 18.2. The lowest BCUT2D eigenvalue weighted by atomic mass is 9.72. The van der Waals surface area contributed by atoms with Gasteiger partial charge in [-0.3, -0.25) is 0 Å². The van der Waals surface area contributed by atoms with E-state index in [0.717, 1.165) is 90.5 Å². The minimum atomic E-state index is -2.17. The average Bonchev–Trinajstić information content (AvgIpc) is 3.38. The summed E-state index contributed by atoms with van der Waals surface area (Å²) in [6.07, 6.45) is 1.65. The molecule has 1 atom stereocenters. The van der Waals surface area contributed by atoms with Gasteiger partial charge >= 0.3 is 8.24 Å². The molecular formula is C67H100O7P2. The maximum absolute atomic E-state index is 7.93. The lowest BCUT2D eigenvalue weighted by molar-refractivity contribution is -0.290. The van der Waals surface area contributed by atoms with Crippen LogP contribution in [0.3, 0.4) is 0 Å². The number of fused-ring (bicyclic) bond motifs is 3. The van der Waals surface area contributed by atoms with Crippen molar-refractivity contribution in [3.05, 3.63) is 92.0 Å². The highest BCUT2D eigenvalue weighted by Gasteiger charge is 2.45. The molecule has 1 aromatic heterocycles. The SMILES string of the molecule is Cc1c(C(C)(C)C)cc(C(C)(C)C)c(OP2CCC3(CO2)COC(C)(C)OC3)c1-c1c(C)c(C(C)(C)C)cc(C(C)(C)C)c1Op1oc2c(C(C)(C)C)cc(C(C)(C)C)cc2c2cc(C(C)(C)C)cc(C(C)(C)C)c2o1. The second kappa shape index (κ2) is 19.7. The van der Waals surface area contributed by atoms with Gasteiger partial charge in [0.25, 0.3) is 0 Å². The van der Waals surface area contributed by atoms with Gasteiger partial charge in [-0.1, -0.05) is 190 Å². The highest BCUT2D eigenvalue weighted by molar-refractivity contribution is 7.47. The van der Waals surface area contributed by atoms with E-state index < -0.39 is 22.4 Å². The third-order valence-corrected chi connectivity index (χ3v) is 18.2. The average molecular weight is 1080 g/mol. The van der Waals surface area contributed by atoms with Crippen LogP contribution < -0.4 is 9.05 Å². The van der Waals surface area contributed by atoms with Gasteiger partial charge in [0.05, 0.1) is 19.8 Å². The topological polar surface area (TPSA) is 72.4 Å². The molecule has 7 nitrogen and oxygen atoms in total. The van der Waals surface area contributed by atoms with Gasteiger partial charge < -0.3 is 31.4 Å². The predicted molar refractivity (Wildman–Crippen MR) is 325 cm³/mol. The summed E-state index contributed by atoms with van der Waals surface area (Å²) < 4.78 is 50.2. The Balaban J connectivity index is 1.66. The molecule has 0 bridgehead atoms. The van der Waals surface area contributed by atoms with Crippen LogP contribution in [0.1, 0.15) is 242 Å². The smallest absolute Gasteiger partial charge is 0.446 e. The summed E-state index contributed by atoms with van der Waals surface area (Å²) in [6.45, 7) is 65.6. The molecule has 2 fully saturated rings. The van der Waals surface area contributed by atoms with Crippen molar-refractivity contribution in [2.75, 3.05) is 26.0 Å². The monoisotopic (exact) mass is 1080 g/mol. The molecule has 0 saturated carbocycles. The fraction of sp³-hybridized carbons (Fsp3) is 0.642. The van der Waals surface area contributed by atoms with Crippen molar-refractivity contribution in [3.63, 3.8) is 0 Å². The van der Waals surface area contributed by atoms with Crippen LogP contribution in [0.5, 0.6) is 11.5 Å². The summed E-state index contributed by atoms with van der Waals surface area (Å²) in [5, 5.41) is 2.08. The Labute approximate surface area is 463 Å². The fourth-order valence-corrected chi connectivity index (χ4v) is 13.8. The first kappa shape index (κ1) is 60.3. The van der Waals surface area contributed by atoms with E-state index in [-0.39, 0.29) is 48.7 Å². The van der Waals surface area contributed by atoms with Crippen LogP contribution in [0.4, 0.5) is 0 Å². The van der Waals surface area contributed by atoms with Crippen molar-refractivity contribution >= 4 is 38.6 Å². The van der Waals surface area contributed by atoms with E-state index in [0.29, 0.717) is 19.8 Å². The minimum absolute atomic E-state index is 0.132. The van der Waals surface area contributed by atoms with Crippen molar-refractivity contribution in [1.29, 1.82) is 0 Å². The Kier molecular flexibility index (Phi) is 15.7. The quantitative estimate of drug-likeness (QED) is 0.162. The second-order valence-corrected chi connectivity index (χ2v) is 34.1. The van der Waals surface area contributed by atoms with Crippen LogP contribution in [0.15, 0.2) is 44.8 Å². The van der Waals surface area contributed by atoms with Crippen molar-refractivity contribution in [2.24, 2.45) is 5.41 Å². The molecular weight excluding hydrogens is 979 g/mol. The third kappa shape index (κ3) is 12.4. The van der Waals surface area contributed by atoms with Gasteiger partial charge in [0.1, 0.15) is 22.7 Å². The van der Waals surface area contributed by atoms with Crippen LogP contribution in [0.2, 0.25) is 0 Å². The lowest BCUT2D eigenvalue weighted by Crippen LogP contribution is -2.50. The van der Waals surface area contributed by atoms with Crippen LogP contribution in [-0.2, 0) is 57.3 Å². The molecule has 76 heavy (non-hydrogen) atoms. The third-order valence-electron chi connectivity index (χ3n) is 15.9. The number of benzene rings is 4. The number of ether oxygens (including phenoxy) is 2. The molecule has 2 saturated heterocycles. The largest absolute Gasteiger partial charge is 0.453 e. The summed E-state index contributed by atoms with van der Waals surface area (Å²) in [5.74, 6) is 1.02. The van der Waals surface area contributed by atoms with Crippen LogP contribution >= 0.6 is 16.6 Å². The minimum Gasteiger partial charge on any atom is -0.446 e.